The Balaban J connectivity index is 1.73. The molecule has 1 saturated heterocycles. The van der Waals surface area contributed by atoms with Crippen LogP contribution >= 0.6 is 11.8 Å². The molecule has 1 aliphatic heterocycles. The van der Waals surface area contributed by atoms with E-state index in [-0.39, 0.29) is 29.2 Å². The van der Waals surface area contributed by atoms with Crippen LogP contribution in [0.2, 0.25) is 0 Å². The molecule has 2 N–H and O–H groups in total. The number of amides is 2. The number of amidine groups is 1. The summed E-state index contributed by atoms with van der Waals surface area (Å²) in [5.74, 6) is -0.574. The van der Waals surface area contributed by atoms with Crippen molar-refractivity contribution < 1.29 is 23.5 Å². The number of anilines is 1. The predicted octanol–water partition coefficient (Wildman–Crippen LogP) is 3.18. The molecule has 31 heavy (non-hydrogen) atoms. The minimum atomic E-state index is -0.689. The first-order valence-electron chi connectivity index (χ1n) is 9.27. The maximum Gasteiger partial charge on any atom is 0.238 e. The fourth-order valence-corrected chi connectivity index (χ4v) is 3.70. The van der Waals surface area contributed by atoms with Crippen molar-refractivity contribution in [3.05, 3.63) is 53.8 Å². The summed E-state index contributed by atoms with van der Waals surface area (Å²) < 4.78 is 24.0. The van der Waals surface area contributed by atoms with Gasteiger partial charge in [0.15, 0.2) is 16.7 Å². The van der Waals surface area contributed by atoms with Gasteiger partial charge < -0.3 is 20.1 Å². The highest BCUT2D eigenvalue weighted by molar-refractivity contribution is 8.15. The molecule has 0 radical (unpaired) electrons. The SMILES string of the molecule is COc1ccc(/C(C)=N/N=C2\NC(=O)C[C@H](C(=O)Nc3ccccc3OC)S2)cc1F. The lowest BCUT2D eigenvalue weighted by Crippen LogP contribution is -2.41. The lowest BCUT2D eigenvalue weighted by Gasteiger charge is -2.22. The van der Waals surface area contributed by atoms with E-state index in [4.69, 9.17) is 9.47 Å². The number of hydrogen-bond donors (Lipinski definition) is 2. The number of carbonyl (C=O) groups is 2. The second kappa shape index (κ2) is 10.1. The number of nitrogens with zero attached hydrogens (tertiary/aromatic N) is 2. The van der Waals surface area contributed by atoms with E-state index in [9.17, 15) is 14.0 Å². The van der Waals surface area contributed by atoms with Crippen molar-refractivity contribution in [2.45, 2.75) is 18.6 Å². The fourth-order valence-electron chi connectivity index (χ4n) is 2.77. The molecule has 0 aliphatic carbocycles. The van der Waals surface area contributed by atoms with E-state index in [1.54, 1.807) is 37.3 Å². The standard InChI is InChI=1S/C21H21FN4O4S/c1-12(13-8-9-16(29-2)14(22)10-13)25-26-21-24-19(27)11-18(31-21)20(28)23-15-6-4-5-7-17(15)30-3/h4-10,18H,11H2,1-3H3,(H,23,28)(H,24,26,27)/b25-12+/t18-/m1/s1. The number of nitrogens with one attached hydrogen (secondary N) is 2. The zero-order valence-electron chi connectivity index (χ0n) is 17.1. The number of thioether (sulfide) groups is 1. The second-order valence-electron chi connectivity index (χ2n) is 6.49. The molecular weight excluding hydrogens is 423 g/mol. The summed E-state index contributed by atoms with van der Waals surface area (Å²) in [5, 5.41) is 13.0. The van der Waals surface area contributed by atoms with E-state index in [1.807, 2.05) is 0 Å². The van der Waals surface area contributed by atoms with Gasteiger partial charge in [-0.15, -0.1) is 5.10 Å². The molecule has 2 aromatic rings. The summed E-state index contributed by atoms with van der Waals surface area (Å²) in [5.41, 5.74) is 1.46. The highest BCUT2D eigenvalue weighted by Gasteiger charge is 2.30. The minimum absolute atomic E-state index is 0.00292. The highest BCUT2D eigenvalue weighted by atomic mass is 32.2. The summed E-state index contributed by atoms with van der Waals surface area (Å²) in [4.78, 5) is 24.7. The average Bonchev–Trinajstić information content (AvgIpc) is 2.77. The molecule has 10 heteroatoms. The summed E-state index contributed by atoms with van der Waals surface area (Å²) >= 11 is 1.09. The van der Waals surface area contributed by atoms with Crippen LogP contribution in [0.3, 0.4) is 0 Å². The molecule has 2 amide bonds. The minimum Gasteiger partial charge on any atom is -0.495 e. The van der Waals surface area contributed by atoms with Crippen molar-refractivity contribution in [3.8, 4) is 11.5 Å². The molecule has 3 rings (SSSR count). The molecular formula is C21H21FN4O4S. The lowest BCUT2D eigenvalue weighted by atomic mass is 10.1. The molecule has 1 heterocycles. The fraction of sp³-hybridized carbons (Fsp3) is 0.238. The molecule has 0 aromatic heterocycles. The summed E-state index contributed by atoms with van der Waals surface area (Å²) in [7, 11) is 2.89. The quantitative estimate of drug-likeness (QED) is 0.526. The molecule has 0 spiro atoms. The number of rotatable bonds is 6. The van der Waals surface area contributed by atoms with Gasteiger partial charge in [0, 0.05) is 12.0 Å². The monoisotopic (exact) mass is 444 g/mol. The van der Waals surface area contributed by atoms with Crippen LogP contribution in [0, 0.1) is 5.82 Å². The Kier molecular flexibility index (Phi) is 7.24. The van der Waals surface area contributed by atoms with Gasteiger partial charge in [0.2, 0.25) is 11.8 Å². The lowest BCUT2D eigenvalue weighted by molar-refractivity contribution is -0.123. The zero-order chi connectivity index (χ0) is 22.4. The summed E-state index contributed by atoms with van der Waals surface area (Å²) in [6.45, 7) is 1.66. The molecule has 1 aliphatic rings. The van der Waals surface area contributed by atoms with Crippen LogP contribution in [0.4, 0.5) is 10.1 Å². The van der Waals surface area contributed by atoms with Gasteiger partial charge in [0.05, 0.1) is 25.6 Å². The van der Waals surface area contributed by atoms with Crippen LogP contribution in [0.15, 0.2) is 52.7 Å². The number of benzene rings is 2. The zero-order valence-corrected chi connectivity index (χ0v) is 18.0. The summed E-state index contributed by atoms with van der Waals surface area (Å²) in [6.07, 6.45) is -0.00292. The van der Waals surface area contributed by atoms with E-state index < -0.39 is 11.1 Å². The van der Waals surface area contributed by atoms with Crippen molar-refractivity contribution >= 4 is 40.1 Å². The predicted molar refractivity (Wildman–Crippen MR) is 118 cm³/mol. The maximum atomic E-state index is 13.9. The van der Waals surface area contributed by atoms with Crippen molar-refractivity contribution in [3.63, 3.8) is 0 Å². The summed E-state index contributed by atoms with van der Waals surface area (Å²) in [6, 6.07) is 11.4. The van der Waals surface area contributed by atoms with Crippen LogP contribution in [-0.2, 0) is 9.59 Å². The Hall–Kier alpha value is -3.40. The molecule has 0 saturated carbocycles. The third-order valence-electron chi connectivity index (χ3n) is 4.39. The van der Waals surface area contributed by atoms with E-state index in [0.717, 1.165) is 11.8 Å². The van der Waals surface area contributed by atoms with Gasteiger partial charge in [-0.1, -0.05) is 23.9 Å². The molecule has 162 valence electrons. The molecule has 8 nitrogen and oxygen atoms in total. The Labute approximate surface area is 182 Å². The Morgan fingerprint density at radius 2 is 1.94 bits per heavy atom. The van der Waals surface area contributed by atoms with Crippen molar-refractivity contribution in [2.24, 2.45) is 10.2 Å². The molecule has 1 fully saturated rings. The van der Waals surface area contributed by atoms with Crippen LogP contribution in [0.25, 0.3) is 0 Å². The number of ether oxygens (including phenoxy) is 2. The normalized spacial score (nSPS) is 17.8. The number of methoxy groups -OCH3 is 2. The van der Waals surface area contributed by atoms with E-state index in [2.05, 4.69) is 20.8 Å². The molecule has 0 bridgehead atoms. The van der Waals surface area contributed by atoms with Crippen LogP contribution in [0.5, 0.6) is 11.5 Å². The van der Waals surface area contributed by atoms with Crippen LogP contribution in [0.1, 0.15) is 18.9 Å². The Morgan fingerprint density at radius 3 is 2.65 bits per heavy atom. The Morgan fingerprint density at radius 1 is 1.19 bits per heavy atom. The molecule has 2 aromatic carbocycles. The van der Waals surface area contributed by atoms with Gasteiger partial charge in [-0.25, -0.2) is 4.39 Å². The number of para-hydroxylation sites is 2. The van der Waals surface area contributed by atoms with Crippen LogP contribution < -0.4 is 20.1 Å². The van der Waals surface area contributed by atoms with Gasteiger partial charge in [-0.05, 0) is 37.3 Å². The van der Waals surface area contributed by atoms with Gasteiger partial charge >= 0.3 is 0 Å². The highest BCUT2D eigenvalue weighted by Crippen LogP contribution is 2.27. The van der Waals surface area contributed by atoms with Gasteiger partial charge in [0.1, 0.15) is 11.0 Å². The first-order valence-corrected chi connectivity index (χ1v) is 10.2. The smallest absolute Gasteiger partial charge is 0.238 e. The second-order valence-corrected chi connectivity index (χ2v) is 7.68. The first kappa shape index (κ1) is 22.3. The van der Waals surface area contributed by atoms with Crippen molar-refractivity contribution in [1.29, 1.82) is 0 Å². The largest absolute Gasteiger partial charge is 0.495 e. The maximum absolute atomic E-state index is 13.9. The van der Waals surface area contributed by atoms with Gasteiger partial charge in [0.25, 0.3) is 0 Å². The number of hydrogen-bond acceptors (Lipinski definition) is 7. The number of carbonyl (C=O) groups excluding carboxylic acids is 2. The Bertz CT molecular complexity index is 1060. The van der Waals surface area contributed by atoms with E-state index >= 15 is 0 Å². The average molecular weight is 444 g/mol. The topological polar surface area (TPSA) is 101 Å². The number of halogens is 1. The third kappa shape index (κ3) is 5.60. The van der Waals surface area contributed by atoms with Crippen LogP contribution in [-0.4, -0.2) is 42.2 Å². The van der Waals surface area contributed by atoms with Gasteiger partial charge in [-0.2, -0.15) is 5.10 Å². The van der Waals surface area contributed by atoms with E-state index in [0.29, 0.717) is 22.7 Å². The van der Waals surface area contributed by atoms with E-state index in [1.165, 1.54) is 26.4 Å². The van der Waals surface area contributed by atoms with Gasteiger partial charge in [-0.3, -0.25) is 9.59 Å². The first-order chi connectivity index (χ1) is 14.9. The molecule has 0 unspecified atom stereocenters. The van der Waals surface area contributed by atoms with Crippen molar-refractivity contribution in [2.75, 3.05) is 19.5 Å². The molecule has 1 atom stereocenters. The van der Waals surface area contributed by atoms with Crippen molar-refractivity contribution in [1.82, 2.24) is 5.32 Å². The third-order valence-corrected chi connectivity index (χ3v) is 5.46.